The number of ether oxygens (including phenoxy) is 4. The minimum atomic E-state index is -4.95. The zero-order valence-corrected chi connectivity index (χ0v) is 58.4. The van der Waals surface area contributed by atoms with Gasteiger partial charge in [0.2, 0.25) is 0 Å². The summed E-state index contributed by atoms with van der Waals surface area (Å²) in [5.74, 6) is 0.799. The Morgan fingerprint density at radius 2 is 0.552 bits per heavy atom. The van der Waals surface area contributed by atoms with Gasteiger partial charge in [0.05, 0.1) is 26.4 Å². The third kappa shape index (κ3) is 61.3. The van der Waals surface area contributed by atoms with E-state index in [1.54, 1.807) is 0 Å². The van der Waals surface area contributed by atoms with Crippen LogP contribution in [0.3, 0.4) is 0 Å². The van der Waals surface area contributed by atoms with Crippen LogP contribution >= 0.6 is 15.6 Å². The van der Waals surface area contributed by atoms with E-state index in [-0.39, 0.29) is 25.7 Å². The minimum absolute atomic E-state index is 0.102. The van der Waals surface area contributed by atoms with Gasteiger partial charge in [0.1, 0.15) is 19.3 Å². The van der Waals surface area contributed by atoms with E-state index in [0.29, 0.717) is 31.6 Å². The Kier molecular flexibility index (Phi) is 56.6. The Hall–Kier alpha value is -1.94. The molecule has 0 bridgehead atoms. The summed E-state index contributed by atoms with van der Waals surface area (Å²) in [6.07, 6.45) is 39.1. The summed E-state index contributed by atoms with van der Waals surface area (Å²) in [5, 5.41) is 10.6. The number of esters is 4. The molecule has 0 fully saturated rings. The van der Waals surface area contributed by atoms with Crippen LogP contribution < -0.4 is 0 Å². The molecule has 516 valence electrons. The summed E-state index contributed by atoms with van der Waals surface area (Å²) in [5.41, 5.74) is 0. The van der Waals surface area contributed by atoms with E-state index < -0.39 is 97.5 Å². The van der Waals surface area contributed by atoms with Crippen LogP contribution in [0.1, 0.15) is 331 Å². The van der Waals surface area contributed by atoms with Crippen molar-refractivity contribution in [3.05, 3.63) is 0 Å². The Labute approximate surface area is 530 Å². The van der Waals surface area contributed by atoms with Crippen molar-refractivity contribution >= 4 is 39.5 Å². The molecule has 0 spiro atoms. The van der Waals surface area contributed by atoms with Gasteiger partial charge in [0, 0.05) is 25.7 Å². The van der Waals surface area contributed by atoms with Crippen LogP contribution in [0, 0.1) is 23.7 Å². The fraction of sp³-hybridized carbons (Fsp3) is 0.941. The van der Waals surface area contributed by atoms with Crippen LogP contribution in [0.4, 0.5) is 0 Å². The van der Waals surface area contributed by atoms with E-state index in [2.05, 4.69) is 55.4 Å². The van der Waals surface area contributed by atoms with E-state index >= 15 is 0 Å². The molecule has 0 rings (SSSR count). The molecular weight excluding hydrogens is 1150 g/mol. The number of phosphoric ester groups is 2. The number of aliphatic hydroxyl groups excluding tert-OH is 1. The van der Waals surface area contributed by atoms with Gasteiger partial charge < -0.3 is 33.8 Å². The standard InChI is InChI=1S/C68H132O17P2/c1-9-61(8)47-39-31-26-27-33-41-49-66(71)79-55-64(85-68(73)51-43-35-25-19-22-30-38-46-60(6)7)57-83-87(76,77)81-53-62(69)52-80-86(74,75)82-56-63(84-67(72)50-42-34-24-18-17-21-29-37-45-59(4)5)54-78-65(70)48-40-32-23-16-14-12-10-11-13-15-20-28-36-44-58(2)3/h58-64,69H,9-57H2,1-8H3,(H,74,75)(H,76,77)/t61?,62-,63-,64-/m1/s1. The SMILES string of the molecule is CCC(C)CCCCCCCCC(=O)OC[C@H](COP(=O)(O)OC[C@H](O)COP(=O)(O)OC[C@@H](COC(=O)CCCCCCCCCCCCCCCC(C)C)OC(=O)CCCCCCCCCCC(C)C)OC(=O)CCCCCCCCCC(C)C. The maximum Gasteiger partial charge on any atom is 0.472 e. The number of carbonyl (C=O) groups is 4. The van der Waals surface area contributed by atoms with Gasteiger partial charge in [-0.25, -0.2) is 9.13 Å². The predicted molar refractivity (Wildman–Crippen MR) is 349 cm³/mol. The third-order valence-corrected chi connectivity index (χ3v) is 17.8. The summed E-state index contributed by atoms with van der Waals surface area (Å²) < 4.78 is 68.1. The van der Waals surface area contributed by atoms with E-state index in [9.17, 15) is 43.2 Å². The first-order valence-corrected chi connectivity index (χ1v) is 38.2. The minimum Gasteiger partial charge on any atom is -0.462 e. The lowest BCUT2D eigenvalue weighted by Crippen LogP contribution is -2.30. The van der Waals surface area contributed by atoms with Crippen molar-refractivity contribution in [1.29, 1.82) is 0 Å². The topological polar surface area (TPSA) is 237 Å². The maximum absolute atomic E-state index is 13.0. The first-order chi connectivity index (χ1) is 41.6. The summed E-state index contributed by atoms with van der Waals surface area (Å²) >= 11 is 0. The number of carbonyl (C=O) groups excluding carboxylic acids is 4. The molecule has 0 radical (unpaired) electrons. The number of rotatable bonds is 65. The summed E-state index contributed by atoms with van der Waals surface area (Å²) in [6.45, 7) is 14.0. The number of aliphatic hydroxyl groups is 1. The zero-order chi connectivity index (χ0) is 64.7. The Morgan fingerprint density at radius 1 is 0.322 bits per heavy atom. The van der Waals surface area contributed by atoms with Crippen molar-refractivity contribution in [2.45, 2.75) is 350 Å². The van der Waals surface area contributed by atoms with Crippen molar-refractivity contribution in [2.75, 3.05) is 39.6 Å². The molecule has 0 saturated carbocycles. The molecule has 0 aromatic carbocycles. The number of phosphoric acid groups is 2. The quantitative estimate of drug-likeness (QED) is 0.0222. The zero-order valence-electron chi connectivity index (χ0n) is 56.6. The predicted octanol–water partition coefficient (Wildman–Crippen LogP) is 18.9. The van der Waals surface area contributed by atoms with Gasteiger partial charge in [-0.3, -0.25) is 37.3 Å². The third-order valence-electron chi connectivity index (χ3n) is 15.9. The van der Waals surface area contributed by atoms with Crippen LogP contribution in [0.2, 0.25) is 0 Å². The molecule has 0 aliphatic heterocycles. The first-order valence-electron chi connectivity index (χ1n) is 35.2. The fourth-order valence-electron chi connectivity index (χ4n) is 10.1. The van der Waals surface area contributed by atoms with Crippen molar-refractivity contribution in [1.82, 2.24) is 0 Å². The highest BCUT2D eigenvalue weighted by molar-refractivity contribution is 7.47. The van der Waals surface area contributed by atoms with Crippen molar-refractivity contribution in [2.24, 2.45) is 23.7 Å². The summed E-state index contributed by atoms with van der Waals surface area (Å²) in [4.78, 5) is 72.4. The fourth-order valence-corrected chi connectivity index (χ4v) is 11.7. The lowest BCUT2D eigenvalue weighted by atomic mass is 10.00. The van der Waals surface area contributed by atoms with Gasteiger partial charge in [0.15, 0.2) is 12.2 Å². The molecular formula is C68H132O17P2. The first kappa shape index (κ1) is 85.1. The van der Waals surface area contributed by atoms with E-state index in [1.807, 2.05) is 0 Å². The lowest BCUT2D eigenvalue weighted by molar-refractivity contribution is -0.161. The smallest absolute Gasteiger partial charge is 0.462 e. The van der Waals surface area contributed by atoms with Crippen molar-refractivity contribution < 1.29 is 80.2 Å². The van der Waals surface area contributed by atoms with Crippen LogP contribution in [-0.2, 0) is 65.4 Å². The number of hydrogen-bond acceptors (Lipinski definition) is 15. The number of hydrogen-bond donors (Lipinski definition) is 3. The molecule has 0 aromatic rings. The molecule has 0 heterocycles. The molecule has 6 atom stereocenters. The van der Waals surface area contributed by atoms with E-state index in [1.165, 1.54) is 128 Å². The second kappa shape index (κ2) is 57.9. The van der Waals surface area contributed by atoms with Gasteiger partial charge in [-0.1, -0.05) is 280 Å². The Bertz CT molecular complexity index is 1730. The maximum atomic E-state index is 13.0. The highest BCUT2D eigenvalue weighted by Crippen LogP contribution is 2.45. The second-order valence-corrected chi connectivity index (χ2v) is 29.1. The van der Waals surface area contributed by atoms with Crippen LogP contribution in [-0.4, -0.2) is 96.7 Å². The monoisotopic (exact) mass is 1280 g/mol. The van der Waals surface area contributed by atoms with Crippen LogP contribution in [0.15, 0.2) is 0 Å². The van der Waals surface area contributed by atoms with E-state index in [4.69, 9.17) is 37.0 Å². The average molecular weight is 1280 g/mol. The van der Waals surface area contributed by atoms with Crippen LogP contribution in [0.5, 0.6) is 0 Å². The van der Waals surface area contributed by atoms with Gasteiger partial charge in [-0.15, -0.1) is 0 Å². The second-order valence-electron chi connectivity index (χ2n) is 26.2. The molecule has 19 heteroatoms. The highest BCUT2D eigenvalue weighted by atomic mass is 31.2. The molecule has 87 heavy (non-hydrogen) atoms. The van der Waals surface area contributed by atoms with Crippen molar-refractivity contribution in [3.63, 3.8) is 0 Å². The molecule has 0 aliphatic carbocycles. The molecule has 0 saturated heterocycles. The van der Waals surface area contributed by atoms with Crippen molar-refractivity contribution in [3.8, 4) is 0 Å². The van der Waals surface area contributed by atoms with E-state index in [0.717, 1.165) is 114 Å². The lowest BCUT2D eigenvalue weighted by Gasteiger charge is -2.21. The Balaban J connectivity index is 5.22. The highest BCUT2D eigenvalue weighted by Gasteiger charge is 2.30. The van der Waals surface area contributed by atoms with Crippen LogP contribution in [0.25, 0.3) is 0 Å². The molecule has 0 aromatic heterocycles. The molecule has 3 N–H and O–H groups in total. The summed E-state index contributed by atoms with van der Waals surface area (Å²) in [7, 11) is -9.90. The van der Waals surface area contributed by atoms with Gasteiger partial charge in [-0.05, 0) is 49.4 Å². The molecule has 0 aliphatic rings. The number of unbranched alkanes of at least 4 members (excludes halogenated alkanes) is 30. The largest absolute Gasteiger partial charge is 0.472 e. The molecule has 0 amide bonds. The van der Waals surface area contributed by atoms with Gasteiger partial charge in [-0.2, -0.15) is 0 Å². The average Bonchev–Trinajstić information content (AvgIpc) is 3.63. The molecule has 3 unspecified atom stereocenters. The Morgan fingerprint density at radius 3 is 0.816 bits per heavy atom. The normalized spacial score (nSPS) is 14.6. The van der Waals surface area contributed by atoms with Gasteiger partial charge in [0.25, 0.3) is 0 Å². The molecule has 17 nitrogen and oxygen atoms in total. The van der Waals surface area contributed by atoms with Gasteiger partial charge >= 0.3 is 39.5 Å². The summed E-state index contributed by atoms with van der Waals surface area (Å²) in [6, 6.07) is 0.